The molecule has 7 heteroatoms. The van der Waals surface area contributed by atoms with Crippen molar-refractivity contribution < 1.29 is 58.8 Å². The number of aliphatic hydroxyl groups excluding tert-OH is 1. The average molecular weight is 394 g/mol. The second-order valence-corrected chi connectivity index (χ2v) is 6.38. The number of hydrogen-bond donors (Lipinski definition) is 1. The molecule has 0 saturated carbocycles. The van der Waals surface area contributed by atoms with Gasteiger partial charge >= 0.3 is 35.5 Å². The van der Waals surface area contributed by atoms with Gasteiger partial charge in [0.1, 0.15) is 6.61 Å². The molecule has 0 spiro atoms. The van der Waals surface area contributed by atoms with Gasteiger partial charge in [-0.25, -0.2) is 0 Å². The second-order valence-electron chi connectivity index (χ2n) is 6.38. The zero-order valence-corrected chi connectivity index (χ0v) is 19.1. The van der Waals surface area contributed by atoms with Crippen molar-refractivity contribution in [3.05, 3.63) is 12.2 Å². The second kappa shape index (κ2) is 21.9. The Hall–Kier alpha value is -0.400. The molecule has 0 aliphatic rings. The number of allylic oxidation sites excluding steroid dienone is 1. The first-order chi connectivity index (χ1) is 12.6. The monoisotopic (exact) mass is 394 g/mol. The summed E-state index contributed by atoms with van der Waals surface area (Å²) in [5.41, 5.74) is 0. The molecule has 0 saturated heterocycles. The summed E-state index contributed by atoms with van der Waals surface area (Å²) in [4.78, 5) is 22.7. The molecule has 0 aliphatic heterocycles. The number of carboxylic acids is 1. The van der Waals surface area contributed by atoms with E-state index in [4.69, 9.17) is 14.6 Å². The predicted molar refractivity (Wildman–Crippen MR) is 98.3 cm³/mol. The molecule has 6 nitrogen and oxygen atoms in total. The van der Waals surface area contributed by atoms with Gasteiger partial charge in [-0.15, -0.1) is 0 Å². The summed E-state index contributed by atoms with van der Waals surface area (Å²) < 4.78 is 9.85. The van der Waals surface area contributed by atoms with Crippen LogP contribution < -0.4 is 34.7 Å². The van der Waals surface area contributed by atoms with Crippen LogP contribution in [0.25, 0.3) is 0 Å². The van der Waals surface area contributed by atoms with Gasteiger partial charge in [0.15, 0.2) is 0 Å². The number of hydrogen-bond acceptors (Lipinski definition) is 6. The minimum Gasteiger partial charge on any atom is -0.550 e. The summed E-state index contributed by atoms with van der Waals surface area (Å²) in [5.74, 6) is -2.83. The van der Waals surface area contributed by atoms with Crippen LogP contribution in [0.5, 0.6) is 0 Å². The van der Waals surface area contributed by atoms with Crippen LogP contribution in [-0.2, 0) is 19.1 Å². The Morgan fingerprint density at radius 2 is 1.63 bits per heavy atom. The number of esters is 1. The fourth-order valence-electron chi connectivity index (χ4n) is 2.51. The molecular weight excluding hydrogens is 359 g/mol. The van der Waals surface area contributed by atoms with Crippen molar-refractivity contribution >= 4 is 11.9 Å². The Kier molecular flexibility index (Phi) is 23.4. The Morgan fingerprint density at radius 1 is 1.00 bits per heavy atom. The van der Waals surface area contributed by atoms with Crippen molar-refractivity contribution in [3.63, 3.8) is 0 Å². The van der Waals surface area contributed by atoms with Gasteiger partial charge < -0.3 is 24.5 Å². The number of aliphatic hydroxyl groups is 1. The maximum Gasteiger partial charge on any atom is 1.00 e. The fourth-order valence-corrected chi connectivity index (χ4v) is 2.51. The van der Waals surface area contributed by atoms with Crippen molar-refractivity contribution in [2.45, 2.75) is 71.1 Å². The molecule has 1 atom stereocenters. The summed E-state index contributed by atoms with van der Waals surface area (Å²) in [6.45, 7) is 2.52. The third kappa shape index (κ3) is 20.2. The molecule has 0 bridgehead atoms. The quantitative estimate of drug-likeness (QED) is 0.144. The van der Waals surface area contributed by atoms with Gasteiger partial charge in [0.25, 0.3) is 0 Å². The van der Waals surface area contributed by atoms with Gasteiger partial charge in [-0.2, -0.15) is 0 Å². The molecule has 0 amide bonds. The summed E-state index contributed by atoms with van der Waals surface area (Å²) in [7, 11) is 0. The first kappa shape index (κ1) is 28.8. The SMILES string of the molecule is CCCCCCCCCCC=CC(CC(=O)OCCOCCO)C(=O)[O-].[Na+]. The van der Waals surface area contributed by atoms with E-state index in [1.165, 1.54) is 44.6 Å². The molecular formula is C20H35NaO6. The summed E-state index contributed by atoms with van der Waals surface area (Å²) in [6, 6.07) is 0. The van der Waals surface area contributed by atoms with Crippen molar-refractivity contribution in [2.75, 3.05) is 26.4 Å². The van der Waals surface area contributed by atoms with Crippen LogP contribution >= 0.6 is 0 Å². The van der Waals surface area contributed by atoms with Crippen molar-refractivity contribution in [2.24, 2.45) is 5.92 Å². The maximum absolute atomic E-state index is 11.6. The van der Waals surface area contributed by atoms with E-state index in [2.05, 4.69) is 6.92 Å². The fraction of sp³-hybridized carbons (Fsp3) is 0.800. The van der Waals surface area contributed by atoms with Gasteiger partial charge in [0.2, 0.25) is 0 Å². The largest absolute Gasteiger partial charge is 1.00 e. The smallest absolute Gasteiger partial charge is 0.550 e. The van der Waals surface area contributed by atoms with E-state index in [1.54, 1.807) is 0 Å². The van der Waals surface area contributed by atoms with E-state index in [1.807, 2.05) is 6.08 Å². The van der Waals surface area contributed by atoms with Gasteiger partial charge in [-0.05, 0) is 12.8 Å². The van der Waals surface area contributed by atoms with Crippen LogP contribution in [0.1, 0.15) is 71.1 Å². The molecule has 0 heterocycles. The van der Waals surface area contributed by atoms with Crippen LogP contribution in [0.15, 0.2) is 12.2 Å². The third-order valence-corrected chi connectivity index (χ3v) is 4.01. The predicted octanol–water partition coefficient (Wildman–Crippen LogP) is -0.614. The molecule has 0 rings (SSSR count). The normalized spacial score (nSPS) is 11.9. The molecule has 27 heavy (non-hydrogen) atoms. The van der Waals surface area contributed by atoms with Gasteiger partial charge in [0, 0.05) is 11.9 Å². The van der Waals surface area contributed by atoms with E-state index in [9.17, 15) is 14.7 Å². The topological polar surface area (TPSA) is 95.9 Å². The van der Waals surface area contributed by atoms with Crippen molar-refractivity contribution in [1.82, 2.24) is 0 Å². The number of rotatable bonds is 18. The van der Waals surface area contributed by atoms with E-state index in [-0.39, 0.29) is 62.4 Å². The summed E-state index contributed by atoms with van der Waals surface area (Å²) in [5, 5.41) is 19.7. The molecule has 0 radical (unpaired) electrons. The third-order valence-electron chi connectivity index (χ3n) is 4.01. The molecule has 0 fully saturated rings. The van der Waals surface area contributed by atoms with E-state index >= 15 is 0 Å². The van der Waals surface area contributed by atoms with Gasteiger partial charge in [-0.3, -0.25) is 4.79 Å². The Labute approximate surface area is 186 Å². The van der Waals surface area contributed by atoms with E-state index in [0.29, 0.717) is 0 Å². The zero-order valence-electron chi connectivity index (χ0n) is 17.1. The Balaban J connectivity index is 0. The van der Waals surface area contributed by atoms with Crippen molar-refractivity contribution in [3.8, 4) is 0 Å². The van der Waals surface area contributed by atoms with Crippen molar-refractivity contribution in [1.29, 1.82) is 0 Å². The number of ether oxygens (including phenoxy) is 2. The average Bonchev–Trinajstić information content (AvgIpc) is 2.62. The molecule has 1 unspecified atom stereocenters. The van der Waals surface area contributed by atoms with Crippen LogP contribution in [0.3, 0.4) is 0 Å². The zero-order chi connectivity index (χ0) is 19.5. The van der Waals surface area contributed by atoms with Gasteiger partial charge in [0.05, 0.1) is 26.2 Å². The number of aliphatic carboxylic acids is 1. The Morgan fingerprint density at radius 3 is 2.22 bits per heavy atom. The number of unbranched alkanes of at least 4 members (excludes halogenated alkanes) is 8. The van der Waals surface area contributed by atoms with Crippen LogP contribution in [0.4, 0.5) is 0 Å². The number of carbonyl (C=O) groups is 2. The first-order valence-corrected chi connectivity index (χ1v) is 9.83. The molecule has 0 aliphatic carbocycles. The van der Waals surface area contributed by atoms with Gasteiger partial charge in [-0.1, -0.05) is 64.0 Å². The molecule has 152 valence electrons. The number of carboxylic acid groups (broad SMARTS) is 1. The minimum atomic E-state index is -1.27. The maximum atomic E-state index is 11.6. The minimum absolute atomic E-state index is 0. The van der Waals surface area contributed by atoms with E-state index in [0.717, 1.165) is 19.3 Å². The standard InChI is InChI=1S/C20H36O6.Na/c1-2-3-4-5-6-7-8-9-10-11-12-18(20(23)24)17-19(22)26-16-15-25-14-13-21;/h11-12,18,21H,2-10,13-17H2,1H3,(H,23,24);/q;+1/p-1. The molecule has 0 aromatic carbocycles. The number of carbonyl (C=O) groups excluding carboxylic acids is 2. The summed E-state index contributed by atoms with van der Waals surface area (Å²) >= 11 is 0. The van der Waals surface area contributed by atoms with Crippen LogP contribution in [0, 0.1) is 5.92 Å². The summed E-state index contributed by atoms with van der Waals surface area (Å²) in [6.07, 6.45) is 13.7. The molecule has 1 N–H and O–H groups in total. The first-order valence-electron chi connectivity index (χ1n) is 9.83. The Bertz CT molecular complexity index is 387. The molecule has 0 aromatic heterocycles. The molecule has 0 aromatic rings. The van der Waals surface area contributed by atoms with E-state index < -0.39 is 17.9 Å². The van der Waals surface area contributed by atoms with Crippen LogP contribution in [-0.4, -0.2) is 43.5 Å². The van der Waals surface area contributed by atoms with Crippen LogP contribution in [0.2, 0.25) is 0 Å².